The maximum absolute atomic E-state index is 12.3. The third-order valence-electron chi connectivity index (χ3n) is 3.10. The molecule has 1 rings (SSSR count). The zero-order valence-electron chi connectivity index (χ0n) is 13.9. The van der Waals surface area contributed by atoms with Crippen molar-refractivity contribution in [1.29, 1.82) is 0 Å². The SMILES string of the molecule is N/C=N\N=C(/N)c1ccc(CN(CC=O)CC(=O)O)c(OCCSF)c1. The summed E-state index contributed by atoms with van der Waals surface area (Å²) < 4.78 is 17.8. The lowest BCUT2D eigenvalue weighted by molar-refractivity contribution is -0.138. The maximum Gasteiger partial charge on any atom is 0.317 e. The van der Waals surface area contributed by atoms with E-state index in [0.29, 0.717) is 23.2 Å². The second-order valence-corrected chi connectivity index (χ2v) is 5.59. The van der Waals surface area contributed by atoms with Crippen LogP contribution in [0.2, 0.25) is 0 Å². The number of ether oxygens (including phenoxy) is 1. The number of carbonyl (C=O) groups is 2. The molecule has 1 aromatic rings. The van der Waals surface area contributed by atoms with Gasteiger partial charge >= 0.3 is 5.97 Å². The molecular formula is C15H20FN5O4S. The molecule has 0 unspecified atom stereocenters. The van der Waals surface area contributed by atoms with E-state index in [1.165, 1.54) is 4.90 Å². The van der Waals surface area contributed by atoms with Crippen molar-refractivity contribution in [3.63, 3.8) is 0 Å². The number of aldehydes is 1. The van der Waals surface area contributed by atoms with Crippen molar-refractivity contribution in [2.24, 2.45) is 21.7 Å². The van der Waals surface area contributed by atoms with Gasteiger partial charge in [0, 0.05) is 29.8 Å². The van der Waals surface area contributed by atoms with Gasteiger partial charge in [-0.2, -0.15) is 3.89 Å². The van der Waals surface area contributed by atoms with Crippen molar-refractivity contribution in [2.45, 2.75) is 6.54 Å². The Hall–Kier alpha value is -2.66. The van der Waals surface area contributed by atoms with Gasteiger partial charge in [0.15, 0.2) is 5.84 Å². The van der Waals surface area contributed by atoms with Gasteiger partial charge in [-0.1, -0.05) is 12.1 Å². The third kappa shape index (κ3) is 7.49. The molecule has 0 fully saturated rings. The van der Waals surface area contributed by atoms with Crippen LogP contribution in [0.25, 0.3) is 0 Å². The highest BCUT2D eigenvalue weighted by Crippen LogP contribution is 2.23. The summed E-state index contributed by atoms with van der Waals surface area (Å²) >= 11 is 0.138. The molecular weight excluding hydrogens is 365 g/mol. The van der Waals surface area contributed by atoms with E-state index in [1.807, 2.05) is 0 Å². The number of rotatable bonds is 12. The standard InChI is InChI=1S/C15H20FN5O4S/c16-26-6-5-25-13-7-11(15(18)20-19-10-17)1-2-12(13)8-21(3-4-22)9-14(23)24/h1-2,4,7,10H,3,5-6,8-9H2,(H2,17,19)(H2,18,20)(H,23,24). The van der Waals surface area contributed by atoms with Crippen molar-refractivity contribution in [1.82, 2.24) is 4.90 Å². The molecule has 11 heteroatoms. The molecule has 0 saturated heterocycles. The molecule has 0 aliphatic heterocycles. The zero-order chi connectivity index (χ0) is 19.4. The van der Waals surface area contributed by atoms with Crippen LogP contribution < -0.4 is 16.2 Å². The fraction of sp³-hybridized carbons (Fsp3) is 0.333. The fourth-order valence-corrected chi connectivity index (χ4v) is 2.18. The molecule has 0 bridgehead atoms. The Morgan fingerprint density at radius 2 is 2.23 bits per heavy atom. The maximum atomic E-state index is 12.3. The highest BCUT2D eigenvalue weighted by molar-refractivity contribution is 7.94. The largest absolute Gasteiger partial charge is 0.492 e. The third-order valence-corrected chi connectivity index (χ3v) is 3.42. The molecule has 0 heterocycles. The summed E-state index contributed by atoms with van der Waals surface area (Å²) in [7, 11) is 0. The van der Waals surface area contributed by atoms with E-state index >= 15 is 0 Å². The van der Waals surface area contributed by atoms with Crippen LogP contribution >= 0.6 is 12.1 Å². The second-order valence-electron chi connectivity index (χ2n) is 4.96. The van der Waals surface area contributed by atoms with Crippen LogP contribution in [0.3, 0.4) is 0 Å². The van der Waals surface area contributed by atoms with Gasteiger partial charge in [0.2, 0.25) is 0 Å². The highest BCUT2D eigenvalue weighted by atomic mass is 32.2. The predicted octanol–water partition coefficient (Wildman–Crippen LogP) is 0.376. The first-order valence-corrected chi connectivity index (χ1v) is 8.34. The predicted molar refractivity (Wildman–Crippen MR) is 97.9 cm³/mol. The summed E-state index contributed by atoms with van der Waals surface area (Å²) in [6, 6.07) is 4.90. The minimum Gasteiger partial charge on any atom is -0.492 e. The molecule has 0 amide bonds. The van der Waals surface area contributed by atoms with E-state index in [0.717, 1.165) is 6.34 Å². The normalized spacial score (nSPS) is 11.8. The summed E-state index contributed by atoms with van der Waals surface area (Å²) in [5.41, 5.74) is 12.0. The number of halogens is 1. The Balaban J connectivity index is 3.10. The van der Waals surface area contributed by atoms with Crippen LogP contribution in [-0.4, -0.2) is 59.9 Å². The van der Waals surface area contributed by atoms with E-state index in [2.05, 4.69) is 10.2 Å². The summed E-state index contributed by atoms with van der Waals surface area (Å²) in [6.45, 7) is -0.110. The van der Waals surface area contributed by atoms with Gasteiger partial charge < -0.3 is 26.1 Å². The van der Waals surface area contributed by atoms with E-state index in [1.54, 1.807) is 18.2 Å². The van der Waals surface area contributed by atoms with Crippen LogP contribution in [0.5, 0.6) is 5.75 Å². The average molecular weight is 385 g/mol. The molecule has 0 saturated carbocycles. The molecule has 0 aromatic heterocycles. The lowest BCUT2D eigenvalue weighted by atomic mass is 10.1. The van der Waals surface area contributed by atoms with Crippen LogP contribution in [0.4, 0.5) is 3.89 Å². The fourth-order valence-electron chi connectivity index (χ4n) is 2.04. The number of hydrogen-bond acceptors (Lipinski definition) is 7. The van der Waals surface area contributed by atoms with Crippen LogP contribution in [-0.2, 0) is 16.1 Å². The Bertz CT molecular complexity index is 671. The number of carboxylic acid groups (broad SMARTS) is 1. The van der Waals surface area contributed by atoms with Gasteiger partial charge in [-0.3, -0.25) is 9.69 Å². The minimum atomic E-state index is -1.06. The van der Waals surface area contributed by atoms with E-state index < -0.39 is 5.97 Å². The summed E-state index contributed by atoms with van der Waals surface area (Å²) in [4.78, 5) is 23.1. The van der Waals surface area contributed by atoms with Crippen molar-refractivity contribution < 1.29 is 23.3 Å². The minimum absolute atomic E-state index is 0.0529. The molecule has 0 aliphatic rings. The lowest BCUT2D eigenvalue weighted by Gasteiger charge is -2.20. The Morgan fingerprint density at radius 1 is 1.46 bits per heavy atom. The molecule has 5 N–H and O–H groups in total. The Kier molecular flexibility index (Phi) is 9.72. The van der Waals surface area contributed by atoms with Crippen molar-refractivity contribution >= 4 is 36.6 Å². The number of carboxylic acids is 1. The van der Waals surface area contributed by atoms with Crippen LogP contribution in [0.15, 0.2) is 28.4 Å². The number of benzene rings is 1. The molecule has 0 aliphatic carbocycles. The first kappa shape index (κ1) is 21.4. The average Bonchev–Trinajstić information content (AvgIpc) is 2.60. The number of amidine groups is 1. The quantitative estimate of drug-likeness (QED) is 0.154. The molecule has 1 aromatic carbocycles. The van der Waals surface area contributed by atoms with Gasteiger partial charge in [-0.15, -0.1) is 10.2 Å². The molecule has 0 radical (unpaired) electrons. The molecule has 142 valence electrons. The van der Waals surface area contributed by atoms with Gasteiger partial charge in [0.05, 0.1) is 25.4 Å². The van der Waals surface area contributed by atoms with E-state index in [9.17, 15) is 13.5 Å². The summed E-state index contributed by atoms with van der Waals surface area (Å²) in [6.07, 6.45) is 1.60. The van der Waals surface area contributed by atoms with E-state index in [4.69, 9.17) is 21.3 Å². The van der Waals surface area contributed by atoms with Gasteiger partial charge in [-0.05, 0) is 6.07 Å². The monoisotopic (exact) mass is 385 g/mol. The molecule has 0 atom stereocenters. The number of nitrogens with zero attached hydrogens (tertiary/aromatic N) is 3. The lowest BCUT2D eigenvalue weighted by Crippen LogP contribution is -2.31. The van der Waals surface area contributed by atoms with Gasteiger partial charge in [0.1, 0.15) is 18.4 Å². The summed E-state index contributed by atoms with van der Waals surface area (Å²) in [5.74, 6) is -0.459. The van der Waals surface area contributed by atoms with Gasteiger partial charge in [-0.25, -0.2) is 0 Å². The van der Waals surface area contributed by atoms with Gasteiger partial charge in [0.25, 0.3) is 0 Å². The zero-order valence-corrected chi connectivity index (χ0v) is 14.7. The van der Waals surface area contributed by atoms with Crippen LogP contribution in [0.1, 0.15) is 11.1 Å². The number of hydrogen-bond donors (Lipinski definition) is 3. The number of nitrogens with two attached hydrogens (primary N) is 2. The topological polar surface area (TPSA) is 144 Å². The number of aliphatic carboxylic acids is 1. The van der Waals surface area contributed by atoms with E-state index in [-0.39, 0.29) is 50.0 Å². The smallest absolute Gasteiger partial charge is 0.317 e. The van der Waals surface area contributed by atoms with Crippen molar-refractivity contribution in [3.8, 4) is 5.75 Å². The Labute approximate surface area is 154 Å². The number of carbonyl (C=O) groups excluding carboxylic acids is 1. The Morgan fingerprint density at radius 3 is 2.85 bits per heavy atom. The first-order chi connectivity index (χ1) is 12.5. The van der Waals surface area contributed by atoms with Crippen LogP contribution in [0, 0.1) is 0 Å². The highest BCUT2D eigenvalue weighted by Gasteiger charge is 2.14. The molecule has 26 heavy (non-hydrogen) atoms. The summed E-state index contributed by atoms with van der Waals surface area (Å²) in [5, 5.41) is 16.1. The van der Waals surface area contributed by atoms with Crippen molar-refractivity contribution in [2.75, 3.05) is 25.4 Å². The second kappa shape index (κ2) is 11.8. The molecule has 0 spiro atoms. The first-order valence-electron chi connectivity index (χ1n) is 7.46. The molecule has 9 nitrogen and oxygen atoms in total. The van der Waals surface area contributed by atoms with Crippen molar-refractivity contribution in [3.05, 3.63) is 29.3 Å².